The van der Waals surface area contributed by atoms with Gasteiger partial charge < -0.3 is 14.6 Å². The minimum absolute atomic E-state index is 0.0182. The predicted molar refractivity (Wildman–Crippen MR) is 55.9 cm³/mol. The van der Waals surface area contributed by atoms with Crippen LogP contribution in [0.3, 0.4) is 0 Å². The van der Waals surface area contributed by atoms with E-state index in [4.69, 9.17) is 4.42 Å². The topological polar surface area (TPSA) is 87.7 Å². The Labute approximate surface area is 89.6 Å². The number of phenolic OH excluding ortho intramolecular Hbond substituents is 2. The summed E-state index contributed by atoms with van der Waals surface area (Å²) < 4.78 is 4.84. The monoisotopic (exact) mass is 220 g/mol. The smallest absolute Gasteiger partial charge is 0.336 e. The molecular weight excluding hydrogens is 212 g/mol. The Morgan fingerprint density at radius 3 is 2.62 bits per heavy atom. The number of aromatic hydroxyl groups is 2. The average Bonchev–Trinajstić information content (AvgIpc) is 2.22. The molecule has 1 aromatic carbocycles. The maximum Gasteiger partial charge on any atom is 0.336 e. The molecule has 2 N–H and O–H groups in total. The molecule has 0 spiro atoms. The molecule has 82 valence electrons. The summed E-state index contributed by atoms with van der Waals surface area (Å²) in [6, 6.07) is 2.49. The van der Waals surface area contributed by atoms with Crippen molar-refractivity contribution in [3.63, 3.8) is 0 Å². The molecule has 2 aromatic rings. The molecular formula is C11H8O5. The maximum absolute atomic E-state index is 11.1. The summed E-state index contributed by atoms with van der Waals surface area (Å²) in [6.45, 7) is 1.64. The third-order valence-corrected chi connectivity index (χ3v) is 2.35. The molecule has 0 saturated carbocycles. The molecule has 0 fully saturated rings. The van der Waals surface area contributed by atoms with Crippen molar-refractivity contribution >= 4 is 17.3 Å². The fourth-order valence-corrected chi connectivity index (χ4v) is 1.56. The van der Waals surface area contributed by atoms with Gasteiger partial charge in [0.2, 0.25) is 0 Å². The third-order valence-electron chi connectivity index (χ3n) is 2.35. The van der Waals surface area contributed by atoms with Crippen LogP contribution in [0.5, 0.6) is 11.5 Å². The lowest BCUT2D eigenvalue weighted by Crippen LogP contribution is -2.00. The van der Waals surface area contributed by atoms with Crippen molar-refractivity contribution in [3.8, 4) is 11.5 Å². The summed E-state index contributed by atoms with van der Waals surface area (Å²) in [5.74, 6) is -1.01. The van der Waals surface area contributed by atoms with Crippen molar-refractivity contribution in [1.29, 1.82) is 0 Å². The molecule has 5 heteroatoms. The largest absolute Gasteiger partial charge is 0.504 e. The molecule has 5 nitrogen and oxygen atoms in total. The number of aryl methyl sites for hydroxylation is 1. The molecule has 0 atom stereocenters. The Balaban J connectivity index is 3.08. The number of carbonyl (C=O) groups is 1. The van der Waals surface area contributed by atoms with Crippen molar-refractivity contribution in [3.05, 3.63) is 33.7 Å². The van der Waals surface area contributed by atoms with Gasteiger partial charge in [0.15, 0.2) is 23.4 Å². The molecule has 1 heterocycles. The summed E-state index contributed by atoms with van der Waals surface area (Å²) in [5, 5.41) is 19.2. The van der Waals surface area contributed by atoms with Gasteiger partial charge in [-0.3, -0.25) is 4.79 Å². The number of benzene rings is 1. The molecule has 0 saturated heterocycles. The zero-order valence-corrected chi connectivity index (χ0v) is 8.35. The van der Waals surface area contributed by atoms with E-state index < -0.39 is 17.1 Å². The van der Waals surface area contributed by atoms with Crippen LogP contribution in [0.15, 0.2) is 21.3 Å². The summed E-state index contributed by atoms with van der Waals surface area (Å²) in [5.41, 5.74) is -0.297. The normalized spacial score (nSPS) is 10.6. The van der Waals surface area contributed by atoms with E-state index in [1.165, 1.54) is 12.1 Å². The highest BCUT2D eigenvalue weighted by molar-refractivity contribution is 5.99. The highest BCUT2D eigenvalue weighted by Gasteiger charge is 2.15. The summed E-state index contributed by atoms with van der Waals surface area (Å²) in [7, 11) is 0. The SMILES string of the molecule is Cc1cc(=O)oc2c(C=O)c(O)c(O)cc12. The molecule has 1 aromatic heterocycles. The highest BCUT2D eigenvalue weighted by Crippen LogP contribution is 2.35. The van der Waals surface area contributed by atoms with Crippen molar-refractivity contribution in [2.24, 2.45) is 0 Å². The zero-order valence-electron chi connectivity index (χ0n) is 8.35. The highest BCUT2D eigenvalue weighted by atomic mass is 16.4. The molecule has 0 aliphatic carbocycles. The average molecular weight is 220 g/mol. The molecule has 2 rings (SSSR count). The van der Waals surface area contributed by atoms with E-state index in [-0.39, 0.29) is 11.1 Å². The fraction of sp³-hybridized carbons (Fsp3) is 0.0909. The first-order chi connectivity index (χ1) is 7.54. The van der Waals surface area contributed by atoms with Crippen molar-refractivity contribution in [2.45, 2.75) is 6.92 Å². The first-order valence-electron chi connectivity index (χ1n) is 4.49. The second-order valence-corrected chi connectivity index (χ2v) is 3.40. The third kappa shape index (κ3) is 1.33. The van der Waals surface area contributed by atoms with Crippen LogP contribution in [-0.4, -0.2) is 16.5 Å². The van der Waals surface area contributed by atoms with E-state index in [0.29, 0.717) is 17.2 Å². The van der Waals surface area contributed by atoms with Crippen LogP contribution in [0.2, 0.25) is 0 Å². The van der Waals surface area contributed by atoms with Gasteiger partial charge in [-0.1, -0.05) is 0 Å². The Bertz CT molecular complexity index is 639. The van der Waals surface area contributed by atoms with Gasteiger partial charge in [-0.05, 0) is 18.6 Å². The summed E-state index contributed by atoms with van der Waals surface area (Å²) in [4.78, 5) is 21.9. The maximum atomic E-state index is 11.1. The Hall–Kier alpha value is -2.30. The Morgan fingerprint density at radius 1 is 1.31 bits per heavy atom. The van der Waals surface area contributed by atoms with E-state index in [1.54, 1.807) is 6.92 Å². The van der Waals surface area contributed by atoms with E-state index in [1.807, 2.05) is 0 Å². The van der Waals surface area contributed by atoms with Crippen LogP contribution in [0, 0.1) is 6.92 Å². The number of hydrogen-bond donors (Lipinski definition) is 2. The molecule has 0 aliphatic rings. The summed E-state index contributed by atoms with van der Waals surface area (Å²) >= 11 is 0. The van der Waals surface area contributed by atoms with Gasteiger partial charge in [-0.25, -0.2) is 4.79 Å². The van der Waals surface area contributed by atoms with Crippen molar-refractivity contribution in [2.75, 3.05) is 0 Å². The van der Waals surface area contributed by atoms with E-state index >= 15 is 0 Å². The number of rotatable bonds is 1. The summed E-state index contributed by atoms with van der Waals surface area (Å²) in [6.07, 6.45) is 0.333. The molecule has 0 aliphatic heterocycles. The van der Waals surface area contributed by atoms with Gasteiger partial charge in [-0.2, -0.15) is 0 Å². The minimum Gasteiger partial charge on any atom is -0.504 e. The molecule has 0 amide bonds. The standard InChI is InChI=1S/C11H8O5/c1-5-2-9(14)16-11-6(5)3-8(13)10(15)7(11)4-12/h2-4,13,15H,1H3. The zero-order chi connectivity index (χ0) is 11.9. The van der Waals surface area contributed by atoms with E-state index in [2.05, 4.69) is 0 Å². The van der Waals surface area contributed by atoms with E-state index in [0.717, 1.165) is 0 Å². The second kappa shape index (κ2) is 3.37. The fourth-order valence-electron chi connectivity index (χ4n) is 1.56. The van der Waals surface area contributed by atoms with Crippen LogP contribution in [0.1, 0.15) is 15.9 Å². The van der Waals surface area contributed by atoms with Gasteiger partial charge in [0, 0.05) is 11.5 Å². The molecule has 0 bridgehead atoms. The van der Waals surface area contributed by atoms with Gasteiger partial charge >= 0.3 is 5.63 Å². The van der Waals surface area contributed by atoms with Crippen LogP contribution in [0.25, 0.3) is 11.0 Å². The number of phenols is 2. The lowest BCUT2D eigenvalue weighted by Gasteiger charge is -2.06. The number of fused-ring (bicyclic) bond motifs is 1. The Kier molecular flexibility index (Phi) is 2.16. The number of aldehydes is 1. The number of carbonyl (C=O) groups excluding carboxylic acids is 1. The Morgan fingerprint density at radius 2 is 2.00 bits per heavy atom. The first kappa shape index (κ1) is 10.2. The molecule has 0 unspecified atom stereocenters. The van der Waals surface area contributed by atoms with Crippen LogP contribution in [-0.2, 0) is 0 Å². The van der Waals surface area contributed by atoms with Gasteiger partial charge in [0.05, 0.1) is 0 Å². The van der Waals surface area contributed by atoms with Crippen molar-refractivity contribution < 1.29 is 19.4 Å². The lowest BCUT2D eigenvalue weighted by atomic mass is 10.1. The molecule has 0 radical (unpaired) electrons. The number of hydrogen-bond acceptors (Lipinski definition) is 5. The second-order valence-electron chi connectivity index (χ2n) is 3.40. The minimum atomic E-state index is -0.613. The molecule has 16 heavy (non-hydrogen) atoms. The van der Waals surface area contributed by atoms with Crippen LogP contribution < -0.4 is 5.63 Å². The van der Waals surface area contributed by atoms with Crippen LogP contribution in [0.4, 0.5) is 0 Å². The predicted octanol–water partition coefficient (Wildman–Crippen LogP) is 1.33. The van der Waals surface area contributed by atoms with Crippen molar-refractivity contribution in [1.82, 2.24) is 0 Å². The van der Waals surface area contributed by atoms with Crippen LogP contribution >= 0.6 is 0 Å². The van der Waals surface area contributed by atoms with Gasteiger partial charge in [0.1, 0.15) is 5.56 Å². The van der Waals surface area contributed by atoms with Gasteiger partial charge in [0.25, 0.3) is 0 Å². The quantitative estimate of drug-likeness (QED) is 0.430. The first-order valence-corrected chi connectivity index (χ1v) is 4.49. The lowest BCUT2D eigenvalue weighted by molar-refractivity contribution is 0.112. The van der Waals surface area contributed by atoms with E-state index in [9.17, 15) is 19.8 Å². The van der Waals surface area contributed by atoms with Gasteiger partial charge in [-0.15, -0.1) is 0 Å².